The molecule has 0 aliphatic rings. The zero-order chi connectivity index (χ0) is 11.7. The van der Waals surface area contributed by atoms with Crippen molar-refractivity contribution in [3.63, 3.8) is 0 Å². The number of halogens is 1. The van der Waals surface area contributed by atoms with Gasteiger partial charge in [0.2, 0.25) is 0 Å². The van der Waals surface area contributed by atoms with Gasteiger partial charge in [0, 0.05) is 18.0 Å². The van der Waals surface area contributed by atoms with Crippen LogP contribution in [-0.2, 0) is 6.54 Å². The van der Waals surface area contributed by atoms with Gasteiger partial charge in [0.05, 0.1) is 5.52 Å². The summed E-state index contributed by atoms with van der Waals surface area (Å²) in [6.07, 6.45) is 0. The zero-order valence-corrected chi connectivity index (χ0v) is 11.4. The fraction of sp³-hybridized carbons (Fsp3) is 0.417. The van der Waals surface area contributed by atoms with Gasteiger partial charge in [-0.2, -0.15) is 5.10 Å². The summed E-state index contributed by atoms with van der Waals surface area (Å²) < 4.78 is 3.00. The van der Waals surface area contributed by atoms with Gasteiger partial charge in [0.15, 0.2) is 0 Å². The summed E-state index contributed by atoms with van der Waals surface area (Å²) in [4.78, 5) is 0. The van der Waals surface area contributed by atoms with Gasteiger partial charge in [-0.05, 0) is 42.4 Å². The number of rotatable bonds is 3. The van der Waals surface area contributed by atoms with Crippen LogP contribution in [0.3, 0.4) is 0 Å². The molecular weight excluding hydrogens is 266 g/mol. The van der Waals surface area contributed by atoms with Gasteiger partial charge in [-0.3, -0.25) is 4.68 Å². The number of hydrogen-bond acceptors (Lipinski definition) is 2. The first kappa shape index (κ1) is 11.6. The maximum absolute atomic E-state index is 4.54. The van der Waals surface area contributed by atoms with Crippen molar-refractivity contribution >= 4 is 26.8 Å². The van der Waals surface area contributed by atoms with Crippen LogP contribution in [0, 0.1) is 0 Å². The Labute approximate surface area is 104 Å². The molecule has 1 N–H and O–H groups in total. The molecule has 0 saturated heterocycles. The highest BCUT2D eigenvalue weighted by Crippen LogP contribution is 2.28. The maximum atomic E-state index is 4.54. The number of aromatic nitrogens is 2. The number of nitrogens with one attached hydrogen (secondary N) is 1. The zero-order valence-electron chi connectivity index (χ0n) is 9.79. The average Bonchev–Trinajstić information content (AvgIpc) is 2.58. The lowest BCUT2D eigenvalue weighted by molar-refractivity contribution is 0.545. The van der Waals surface area contributed by atoms with Gasteiger partial charge in [0.25, 0.3) is 0 Å². The van der Waals surface area contributed by atoms with Crippen LogP contribution in [0.2, 0.25) is 0 Å². The standard InChI is InChI=1S/C12H16BrN3/c1-8(2)16-11-9(7-14-3)5-4-6-10(11)12(13)15-16/h4-6,8,14H,7H2,1-3H3. The largest absolute Gasteiger partial charge is 0.316 e. The second kappa shape index (κ2) is 4.55. The van der Waals surface area contributed by atoms with E-state index in [0.717, 1.165) is 11.1 Å². The van der Waals surface area contributed by atoms with Crippen molar-refractivity contribution in [1.82, 2.24) is 15.1 Å². The minimum Gasteiger partial charge on any atom is -0.316 e. The molecule has 0 spiro atoms. The average molecular weight is 282 g/mol. The van der Waals surface area contributed by atoms with E-state index in [4.69, 9.17) is 0 Å². The molecule has 2 aromatic rings. The summed E-state index contributed by atoms with van der Waals surface area (Å²) in [5.41, 5.74) is 2.51. The molecule has 4 heteroatoms. The smallest absolute Gasteiger partial charge is 0.136 e. The molecule has 0 amide bonds. The summed E-state index contributed by atoms with van der Waals surface area (Å²) >= 11 is 3.52. The monoisotopic (exact) mass is 281 g/mol. The molecular formula is C12H16BrN3. The maximum Gasteiger partial charge on any atom is 0.136 e. The van der Waals surface area contributed by atoms with Crippen molar-refractivity contribution in [3.8, 4) is 0 Å². The Morgan fingerprint density at radius 3 is 2.81 bits per heavy atom. The molecule has 0 aliphatic heterocycles. The predicted octanol–water partition coefficient (Wildman–Crippen LogP) is 3.10. The Morgan fingerprint density at radius 1 is 1.44 bits per heavy atom. The molecule has 3 nitrogen and oxygen atoms in total. The van der Waals surface area contributed by atoms with Crippen LogP contribution in [0.1, 0.15) is 25.5 Å². The summed E-state index contributed by atoms with van der Waals surface area (Å²) in [6.45, 7) is 5.16. The first-order valence-electron chi connectivity index (χ1n) is 5.45. The molecule has 0 atom stereocenters. The van der Waals surface area contributed by atoms with Gasteiger partial charge in [-0.15, -0.1) is 0 Å². The lowest BCUT2D eigenvalue weighted by Gasteiger charge is -2.10. The molecule has 86 valence electrons. The highest BCUT2D eigenvalue weighted by Gasteiger charge is 2.13. The summed E-state index contributed by atoms with van der Waals surface area (Å²) in [5.74, 6) is 0. The molecule has 16 heavy (non-hydrogen) atoms. The van der Waals surface area contributed by atoms with Crippen molar-refractivity contribution in [1.29, 1.82) is 0 Å². The normalized spacial score (nSPS) is 11.6. The van der Waals surface area contributed by atoms with E-state index in [1.165, 1.54) is 16.5 Å². The second-order valence-electron chi connectivity index (χ2n) is 4.17. The minimum atomic E-state index is 0.367. The number of hydrogen-bond donors (Lipinski definition) is 1. The molecule has 2 rings (SSSR count). The van der Waals surface area contributed by atoms with E-state index in [2.05, 4.69) is 63.1 Å². The molecule has 1 aromatic heterocycles. The van der Waals surface area contributed by atoms with Crippen LogP contribution in [0.15, 0.2) is 22.8 Å². The third kappa shape index (κ3) is 1.87. The van der Waals surface area contributed by atoms with Crippen molar-refractivity contribution in [2.45, 2.75) is 26.4 Å². The number of fused-ring (bicyclic) bond motifs is 1. The molecule has 0 radical (unpaired) electrons. The summed E-state index contributed by atoms with van der Waals surface area (Å²) in [5, 5.41) is 8.91. The fourth-order valence-electron chi connectivity index (χ4n) is 1.93. The van der Waals surface area contributed by atoms with E-state index >= 15 is 0 Å². The first-order valence-corrected chi connectivity index (χ1v) is 6.24. The molecule has 0 unspecified atom stereocenters. The van der Waals surface area contributed by atoms with Crippen molar-refractivity contribution in [3.05, 3.63) is 28.4 Å². The minimum absolute atomic E-state index is 0.367. The molecule has 1 heterocycles. The Balaban J connectivity index is 2.72. The number of benzene rings is 1. The van der Waals surface area contributed by atoms with Gasteiger partial charge < -0.3 is 5.32 Å². The Morgan fingerprint density at radius 2 is 2.19 bits per heavy atom. The van der Waals surface area contributed by atoms with Crippen LogP contribution < -0.4 is 5.32 Å². The Hall–Kier alpha value is -0.870. The van der Waals surface area contributed by atoms with Gasteiger partial charge >= 0.3 is 0 Å². The number of nitrogens with zero attached hydrogens (tertiary/aromatic N) is 2. The lowest BCUT2D eigenvalue weighted by atomic mass is 10.1. The van der Waals surface area contributed by atoms with Crippen LogP contribution in [0.5, 0.6) is 0 Å². The van der Waals surface area contributed by atoms with E-state index in [0.29, 0.717) is 6.04 Å². The lowest BCUT2D eigenvalue weighted by Crippen LogP contribution is -2.09. The van der Waals surface area contributed by atoms with Crippen molar-refractivity contribution < 1.29 is 0 Å². The van der Waals surface area contributed by atoms with Gasteiger partial charge in [0.1, 0.15) is 4.60 Å². The van der Waals surface area contributed by atoms with Gasteiger partial charge in [-0.1, -0.05) is 18.2 Å². The first-order chi connectivity index (χ1) is 7.65. The topological polar surface area (TPSA) is 29.9 Å². The second-order valence-corrected chi connectivity index (χ2v) is 4.92. The predicted molar refractivity (Wildman–Crippen MR) is 70.6 cm³/mol. The number of para-hydroxylation sites is 1. The van der Waals surface area contributed by atoms with Crippen molar-refractivity contribution in [2.75, 3.05) is 7.05 Å². The molecule has 0 aliphatic carbocycles. The summed E-state index contributed by atoms with van der Waals surface area (Å²) in [6, 6.07) is 6.69. The van der Waals surface area contributed by atoms with E-state index in [1.807, 2.05) is 7.05 Å². The molecule has 0 saturated carbocycles. The SMILES string of the molecule is CNCc1cccc2c(Br)nn(C(C)C)c12. The van der Waals surface area contributed by atoms with E-state index in [9.17, 15) is 0 Å². The van der Waals surface area contributed by atoms with E-state index < -0.39 is 0 Å². The van der Waals surface area contributed by atoms with Crippen LogP contribution in [0.25, 0.3) is 10.9 Å². The van der Waals surface area contributed by atoms with Crippen LogP contribution in [-0.4, -0.2) is 16.8 Å². The van der Waals surface area contributed by atoms with E-state index in [1.54, 1.807) is 0 Å². The highest BCUT2D eigenvalue weighted by molar-refractivity contribution is 9.10. The fourth-order valence-corrected chi connectivity index (χ4v) is 2.42. The third-order valence-corrected chi connectivity index (χ3v) is 3.21. The molecule has 1 aromatic carbocycles. The van der Waals surface area contributed by atoms with Crippen LogP contribution >= 0.6 is 15.9 Å². The highest BCUT2D eigenvalue weighted by atomic mass is 79.9. The van der Waals surface area contributed by atoms with E-state index in [-0.39, 0.29) is 0 Å². The molecule has 0 bridgehead atoms. The van der Waals surface area contributed by atoms with Gasteiger partial charge in [-0.25, -0.2) is 0 Å². The molecule has 0 fully saturated rings. The third-order valence-electron chi connectivity index (χ3n) is 2.62. The van der Waals surface area contributed by atoms with Crippen LogP contribution in [0.4, 0.5) is 0 Å². The Bertz CT molecular complexity index is 502. The Kier molecular flexibility index (Phi) is 3.30. The summed E-state index contributed by atoms with van der Waals surface area (Å²) in [7, 11) is 1.96. The van der Waals surface area contributed by atoms with Crippen molar-refractivity contribution in [2.24, 2.45) is 0 Å². The quantitative estimate of drug-likeness (QED) is 0.937.